The van der Waals surface area contributed by atoms with E-state index in [-0.39, 0.29) is 22.3 Å². The van der Waals surface area contributed by atoms with Crippen molar-refractivity contribution in [2.75, 3.05) is 6.61 Å². The minimum Gasteiger partial charge on any atom is -0.463 e. The highest BCUT2D eigenvalue weighted by Gasteiger charge is 2.57. The Kier molecular flexibility index (Phi) is 14.4. The maximum atomic E-state index is 13.8. The van der Waals surface area contributed by atoms with E-state index in [1.165, 1.54) is 55.5 Å². The fourth-order valence-electron chi connectivity index (χ4n) is 6.56. The van der Waals surface area contributed by atoms with Crippen LogP contribution < -0.4 is 0 Å². The molecule has 2 aliphatic heterocycles. The number of hydrogen-bond acceptors (Lipinski definition) is 16. The Labute approximate surface area is 344 Å². The van der Waals surface area contributed by atoms with E-state index in [1.807, 2.05) is 0 Å². The number of ether oxygens (including phenoxy) is 9. The zero-order valence-corrected chi connectivity index (χ0v) is 32.6. The SMILES string of the molecule is CC(=O)OC[C@H]1O[C@H](O)[C@H](O[C@@H]2O[C@@H](C)[C@H](OC(=O)c3ccccc3)[C@@H](OC(=O)c3ccccc3)[C@H]2OC(=O)c2ccccc2)[C@@H](OC(=O)c2ccccc2)[C@@H]1OC(C)=O. The molecule has 60 heavy (non-hydrogen) atoms. The van der Waals surface area contributed by atoms with Crippen LogP contribution in [0.2, 0.25) is 0 Å². The minimum absolute atomic E-state index is 0.0692. The van der Waals surface area contributed by atoms with E-state index in [4.69, 9.17) is 42.6 Å². The molecular weight excluding hydrogens is 784 g/mol. The van der Waals surface area contributed by atoms with Gasteiger partial charge in [0.1, 0.15) is 12.7 Å². The third kappa shape index (κ3) is 10.8. The fraction of sp³-hybridized carbons (Fsp3) is 0.318. The molecule has 16 heteroatoms. The summed E-state index contributed by atoms with van der Waals surface area (Å²) in [5, 5.41) is 11.6. The van der Waals surface area contributed by atoms with Crippen LogP contribution in [0, 0.1) is 0 Å². The first-order chi connectivity index (χ1) is 28.9. The van der Waals surface area contributed by atoms with Gasteiger partial charge in [-0.2, -0.15) is 0 Å². The van der Waals surface area contributed by atoms with Gasteiger partial charge in [0, 0.05) is 13.8 Å². The lowest BCUT2D eigenvalue weighted by Gasteiger charge is -2.47. The van der Waals surface area contributed by atoms with Crippen molar-refractivity contribution in [3.05, 3.63) is 144 Å². The Hall–Kier alpha value is -6.46. The molecule has 2 saturated heterocycles. The van der Waals surface area contributed by atoms with Gasteiger partial charge in [-0.3, -0.25) is 9.59 Å². The summed E-state index contributed by atoms with van der Waals surface area (Å²) in [7, 11) is 0. The number of rotatable bonds is 13. The summed E-state index contributed by atoms with van der Waals surface area (Å²) in [6.45, 7) is 3.14. The van der Waals surface area contributed by atoms with Crippen molar-refractivity contribution < 1.29 is 76.5 Å². The van der Waals surface area contributed by atoms with E-state index >= 15 is 0 Å². The lowest BCUT2D eigenvalue weighted by Crippen LogP contribution is -2.66. The summed E-state index contributed by atoms with van der Waals surface area (Å²) in [5.74, 6) is -5.17. The number of hydrogen-bond donors (Lipinski definition) is 1. The standard InChI is InChI=1S/C44H42O16/c1-25-33(56-39(47)28-16-8-4-9-17-28)35(57-40(48)29-18-10-5-11-19-29)38(59-42(50)31-22-14-7-15-23-31)44(53-25)60-37-36(58-41(49)30-20-12-6-13-21-30)34(54-27(3)46)32(55-43(37)51)24-52-26(2)45/h4-23,25,32-38,43-44,51H,24H2,1-3H3/t25-,32+,33-,34+,35+,36-,37+,38+,43-,44-/m0/s1. The van der Waals surface area contributed by atoms with Crippen molar-refractivity contribution in [2.45, 2.75) is 82.2 Å². The molecule has 0 unspecified atom stereocenters. The Bertz CT molecular complexity index is 2100. The summed E-state index contributed by atoms with van der Waals surface area (Å²) in [6.07, 6.45) is -16.4. The molecule has 6 rings (SSSR count). The average molecular weight is 827 g/mol. The van der Waals surface area contributed by atoms with E-state index in [9.17, 15) is 33.9 Å². The zero-order valence-electron chi connectivity index (χ0n) is 32.6. The Morgan fingerprint density at radius 2 is 0.867 bits per heavy atom. The van der Waals surface area contributed by atoms with Crippen LogP contribution in [-0.4, -0.2) is 109 Å². The van der Waals surface area contributed by atoms with Crippen molar-refractivity contribution in [2.24, 2.45) is 0 Å². The Balaban J connectivity index is 1.42. The minimum atomic E-state index is -2.02. The molecule has 0 amide bonds. The first-order valence-electron chi connectivity index (χ1n) is 18.9. The molecular formula is C44H42O16. The summed E-state index contributed by atoms with van der Waals surface area (Å²) in [4.78, 5) is 79.1. The molecule has 2 fully saturated rings. The monoisotopic (exact) mass is 826 g/mol. The summed E-state index contributed by atoms with van der Waals surface area (Å²) in [6, 6.07) is 31.3. The zero-order chi connectivity index (χ0) is 42.8. The predicted octanol–water partition coefficient (Wildman–Crippen LogP) is 4.23. The summed E-state index contributed by atoms with van der Waals surface area (Å²) >= 11 is 0. The van der Waals surface area contributed by atoms with Gasteiger partial charge in [0.2, 0.25) is 0 Å². The molecule has 2 aliphatic rings. The molecule has 4 aromatic rings. The van der Waals surface area contributed by atoms with Crippen molar-refractivity contribution in [3.8, 4) is 0 Å². The van der Waals surface area contributed by atoms with Crippen molar-refractivity contribution in [1.82, 2.24) is 0 Å². The molecule has 0 spiro atoms. The first-order valence-corrected chi connectivity index (χ1v) is 18.9. The highest BCUT2D eigenvalue weighted by molar-refractivity contribution is 5.91. The van der Waals surface area contributed by atoms with Crippen LogP contribution in [0.4, 0.5) is 0 Å². The van der Waals surface area contributed by atoms with E-state index in [0.717, 1.165) is 13.8 Å². The van der Waals surface area contributed by atoms with E-state index in [2.05, 4.69) is 0 Å². The Morgan fingerprint density at radius 3 is 1.27 bits per heavy atom. The highest BCUT2D eigenvalue weighted by atomic mass is 16.8. The molecule has 1 N–H and O–H groups in total. The molecule has 16 nitrogen and oxygen atoms in total. The molecule has 0 aliphatic carbocycles. The largest absolute Gasteiger partial charge is 0.463 e. The molecule has 2 heterocycles. The highest BCUT2D eigenvalue weighted by Crippen LogP contribution is 2.35. The lowest BCUT2D eigenvalue weighted by atomic mass is 9.96. The predicted molar refractivity (Wildman–Crippen MR) is 205 cm³/mol. The molecule has 0 radical (unpaired) electrons. The lowest BCUT2D eigenvalue weighted by molar-refractivity contribution is -0.357. The van der Waals surface area contributed by atoms with Crippen LogP contribution in [-0.2, 0) is 52.2 Å². The van der Waals surface area contributed by atoms with E-state index in [0.29, 0.717) is 0 Å². The van der Waals surface area contributed by atoms with Gasteiger partial charge >= 0.3 is 35.8 Å². The molecule has 0 aromatic heterocycles. The van der Waals surface area contributed by atoms with Gasteiger partial charge in [-0.15, -0.1) is 0 Å². The van der Waals surface area contributed by atoms with Gasteiger partial charge in [-0.05, 0) is 55.5 Å². The van der Waals surface area contributed by atoms with Crippen LogP contribution in [0.15, 0.2) is 121 Å². The number of carbonyl (C=O) groups excluding carboxylic acids is 6. The maximum Gasteiger partial charge on any atom is 0.338 e. The van der Waals surface area contributed by atoms with Crippen LogP contribution >= 0.6 is 0 Å². The number of esters is 6. The van der Waals surface area contributed by atoms with Crippen LogP contribution in [0.25, 0.3) is 0 Å². The van der Waals surface area contributed by atoms with Crippen molar-refractivity contribution >= 4 is 35.8 Å². The Morgan fingerprint density at radius 1 is 0.483 bits per heavy atom. The van der Waals surface area contributed by atoms with Gasteiger partial charge in [0.05, 0.1) is 28.4 Å². The average Bonchev–Trinajstić information content (AvgIpc) is 3.25. The van der Waals surface area contributed by atoms with Gasteiger partial charge < -0.3 is 47.7 Å². The molecule has 10 atom stereocenters. The quantitative estimate of drug-likeness (QED) is 0.148. The second kappa shape index (κ2) is 20.0. The molecule has 4 aromatic carbocycles. The topological polar surface area (TPSA) is 206 Å². The van der Waals surface area contributed by atoms with Gasteiger partial charge in [0.25, 0.3) is 0 Å². The van der Waals surface area contributed by atoms with E-state index in [1.54, 1.807) is 72.8 Å². The molecule has 314 valence electrons. The molecule has 0 bridgehead atoms. The van der Waals surface area contributed by atoms with Gasteiger partial charge in [-0.25, -0.2) is 19.2 Å². The van der Waals surface area contributed by atoms with E-state index < -0.39 is 104 Å². The van der Waals surface area contributed by atoms with Crippen molar-refractivity contribution in [1.29, 1.82) is 0 Å². The van der Waals surface area contributed by atoms with Crippen molar-refractivity contribution in [3.63, 3.8) is 0 Å². The number of benzene rings is 4. The van der Waals surface area contributed by atoms with Crippen LogP contribution in [0.3, 0.4) is 0 Å². The first kappa shape index (κ1) is 43.1. The van der Waals surface area contributed by atoms with Crippen LogP contribution in [0.5, 0.6) is 0 Å². The third-order valence-corrected chi connectivity index (χ3v) is 9.39. The summed E-state index contributed by atoms with van der Waals surface area (Å²) in [5.41, 5.74) is 0.394. The van der Waals surface area contributed by atoms with Gasteiger partial charge in [-0.1, -0.05) is 72.8 Å². The maximum absolute atomic E-state index is 13.8. The van der Waals surface area contributed by atoms with Crippen LogP contribution in [0.1, 0.15) is 62.2 Å². The second-order valence-electron chi connectivity index (χ2n) is 13.7. The number of carbonyl (C=O) groups is 6. The van der Waals surface area contributed by atoms with Gasteiger partial charge in [0.15, 0.2) is 49.2 Å². The molecule has 0 saturated carbocycles. The number of aliphatic hydroxyl groups excluding tert-OH is 1. The normalized spacial score (nSPS) is 26.1. The summed E-state index contributed by atoms with van der Waals surface area (Å²) < 4.78 is 53.0. The third-order valence-electron chi connectivity index (χ3n) is 9.39. The smallest absolute Gasteiger partial charge is 0.338 e. The fourth-order valence-corrected chi connectivity index (χ4v) is 6.56. The second-order valence-corrected chi connectivity index (χ2v) is 13.7. The number of aliphatic hydroxyl groups is 1.